The van der Waals surface area contributed by atoms with Gasteiger partial charge in [-0.1, -0.05) is 35.2 Å². The molecule has 0 aromatic heterocycles. The van der Waals surface area contributed by atoms with Crippen LogP contribution in [-0.4, -0.2) is 37.0 Å². The number of amides is 4. The molecule has 1 aromatic rings. The minimum absolute atomic E-state index is 0.0794. The van der Waals surface area contributed by atoms with E-state index < -0.39 is 0 Å². The Balaban J connectivity index is 1.55. The molecular formula is C20H29BrN4O3. The number of rotatable bonds is 8. The molecule has 0 spiro atoms. The smallest absolute Gasteiger partial charge is 0.315 e. The average molecular weight is 453 g/mol. The number of aryl methyl sites for hydroxylation is 1. The van der Waals surface area contributed by atoms with Gasteiger partial charge in [0.25, 0.3) is 0 Å². The van der Waals surface area contributed by atoms with E-state index in [1.54, 1.807) is 0 Å². The third-order valence-electron chi connectivity index (χ3n) is 4.72. The molecule has 1 aromatic carbocycles. The van der Waals surface area contributed by atoms with Crippen LogP contribution in [0.15, 0.2) is 22.7 Å². The summed E-state index contributed by atoms with van der Waals surface area (Å²) in [5, 5.41) is 11.1. The molecule has 1 aliphatic carbocycles. The molecule has 1 saturated carbocycles. The second-order valence-electron chi connectivity index (χ2n) is 7.12. The lowest BCUT2D eigenvalue weighted by molar-refractivity contribution is -0.124. The fraction of sp³-hybridized carbons (Fsp3) is 0.550. The van der Waals surface area contributed by atoms with Gasteiger partial charge in [-0.2, -0.15) is 0 Å². The fourth-order valence-corrected chi connectivity index (χ4v) is 3.64. The Morgan fingerprint density at radius 3 is 2.54 bits per heavy atom. The summed E-state index contributed by atoms with van der Waals surface area (Å²) < 4.78 is 0.942. The van der Waals surface area contributed by atoms with Crippen LogP contribution >= 0.6 is 15.9 Å². The number of carbonyl (C=O) groups is 3. The Morgan fingerprint density at radius 2 is 1.82 bits per heavy atom. The van der Waals surface area contributed by atoms with Crippen molar-refractivity contribution >= 4 is 39.5 Å². The summed E-state index contributed by atoms with van der Waals surface area (Å²) in [6, 6.07) is 5.66. The van der Waals surface area contributed by atoms with Crippen molar-refractivity contribution in [3.63, 3.8) is 0 Å². The van der Waals surface area contributed by atoms with E-state index in [1.807, 2.05) is 25.1 Å². The summed E-state index contributed by atoms with van der Waals surface area (Å²) in [7, 11) is 0. The van der Waals surface area contributed by atoms with Crippen molar-refractivity contribution in [3.8, 4) is 0 Å². The van der Waals surface area contributed by atoms with E-state index in [0.717, 1.165) is 28.6 Å². The van der Waals surface area contributed by atoms with Gasteiger partial charge in [-0.3, -0.25) is 9.59 Å². The van der Waals surface area contributed by atoms with Gasteiger partial charge < -0.3 is 21.3 Å². The van der Waals surface area contributed by atoms with Gasteiger partial charge >= 0.3 is 6.03 Å². The van der Waals surface area contributed by atoms with Gasteiger partial charge in [0.15, 0.2) is 0 Å². The van der Waals surface area contributed by atoms with Crippen molar-refractivity contribution < 1.29 is 14.4 Å². The molecular weight excluding hydrogens is 424 g/mol. The molecule has 0 aliphatic heterocycles. The van der Waals surface area contributed by atoms with Gasteiger partial charge in [0.05, 0.1) is 6.54 Å². The van der Waals surface area contributed by atoms with E-state index in [4.69, 9.17) is 0 Å². The molecule has 7 nitrogen and oxygen atoms in total. The Hall–Kier alpha value is -2.09. The number of urea groups is 1. The van der Waals surface area contributed by atoms with Gasteiger partial charge in [-0.25, -0.2) is 4.79 Å². The van der Waals surface area contributed by atoms with Crippen molar-refractivity contribution in [1.82, 2.24) is 16.0 Å². The fourth-order valence-electron chi connectivity index (χ4n) is 3.16. The van der Waals surface area contributed by atoms with Crippen molar-refractivity contribution in [2.24, 2.45) is 0 Å². The van der Waals surface area contributed by atoms with E-state index in [1.165, 1.54) is 19.3 Å². The number of hydrogen-bond donors (Lipinski definition) is 4. The Labute approximate surface area is 174 Å². The van der Waals surface area contributed by atoms with Crippen LogP contribution in [0, 0.1) is 6.92 Å². The molecule has 1 aliphatic rings. The van der Waals surface area contributed by atoms with E-state index in [-0.39, 0.29) is 36.9 Å². The van der Waals surface area contributed by atoms with Gasteiger partial charge in [0.2, 0.25) is 11.8 Å². The quantitative estimate of drug-likeness (QED) is 0.455. The number of nitrogens with one attached hydrogen (secondary N) is 4. The van der Waals surface area contributed by atoms with Gasteiger partial charge in [-0.05, 0) is 49.9 Å². The summed E-state index contributed by atoms with van der Waals surface area (Å²) in [5.41, 5.74) is 1.65. The maximum absolute atomic E-state index is 12.0. The summed E-state index contributed by atoms with van der Waals surface area (Å²) in [5.74, 6) is -0.485. The van der Waals surface area contributed by atoms with E-state index >= 15 is 0 Å². The van der Waals surface area contributed by atoms with Crippen LogP contribution in [-0.2, 0) is 9.59 Å². The first-order chi connectivity index (χ1) is 13.4. The zero-order valence-corrected chi connectivity index (χ0v) is 17.9. The molecule has 4 amide bonds. The normalized spacial score (nSPS) is 14.2. The lowest BCUT2D eigenvalue weighted by atomic mass is 9.96. The molecule has 0 atom stereocenters. The zero-order valence-electron chi connectivity index (χ0n) is 16.3. The SMILES string of the molecule is Cc1cc(Br)ccc1NC(=O)CNC(=O)CCCNC(=O)NC1CCCCC1. The number of hydrogen-bond acceptors (Lipinski definition) is 3. The van der Waals surface area contributed by atoms with Crippen molar-refractivity contribution in [2.75, 3.05) is 18.4 Å². The van der Waals surface area contributed by atoms with Crippen molar-refractivity contribution in [1.29, 1.82) is 0 Å². The number of benzene rings is 1. The lowest BCUT2D eigenvalue weighted by Gasteiger charge is -2.22. The maximum atomic E-state index is 12.0. The molecule has 8 heteroatoms. The predicted molar refractivity (Wildman–Crippen MR) is 113 cm³/mol. The predicted octanol–water partition coefficient (Wildman–Crippen LogP) is 3.22. The number of halogens is 1. The van der Waals surface area contributed by atoms with Crippen LogP contribution in [0.5, 0.6) is 0 Å². The second-order valence-corrected chi connectivity index (χ2v) is 8.04. The van der Waals surface area contributed by atoms with Crippen LogP contribution in [0.1, 0.15) is 50.5 Å². The third kappa shape index (κ3) is 8.29. The van der Waals surface area contributed by atoms with Crippen molar-refractivity contribution in [3.05, 3.63) is 28.2 Å². The Morgan fingerprint density at radius 1 is 1.07 bits per heavy atom. The summed E-state index contributed by atoms with van der Waals surface area (Å²) in [6.07, 6.45) is 6.44. The van der Waals surface area contributed by atoms with Crippen molar-refractivity contribution in [2.45, 2.75) is 57.9 Å². The van der Waals surface area contributed by atoms with Crippen LogP contribution in [0.25, 0.3) is 0 Å². The number of carbonyl (C=O) groups excluding carboxylic acids is 3. The Bertz CT molecular complexity index is 690. The highest BCUT2D eigenvalue weighted by Crippen LogP contribution is 2.19. The summed E-state index contributed by atoms with van der Waals surface area (Å²) >= 11 is 3.38. The van der Waals surface area contributed by atoms with Crippen LogP contribution < -0.4 is 21.3 Å². The average Bonchev–Trinajstić information content (AvgIpc) is 2.66. The maximum Gasteiger partial charge on any atom is 0.315 e. The molecule has 28 heavy (non-hydrogen) atoms. The van der Waals surface area contributed by atoms with Gasteiger partial charge in [0.1, 0.15) is 0 Å². The summed E-state index contributed by atoms with van der Waals surface area (Å²) in [6.45, 7) is 2.25. The topological polar surface area (TPSA) is 99.3 Å². The van der Waals surface area contributed by atoms with Gasteiger partial charge in [-0.15, -0.1) is 0 Å². The summed E-state index contributed by atoms with van der Waals surface area (Å²) in [4.78, 5) is 35.6. The molecule has 4 N–H and O–H groups in total. The minimum Gasteiger partial charge on any atom is -0.347 e. The molecule has 0 heterocycles. The standard InChI is InChI=1S/C20H29BrN4O3/c1-14-12-15(21)9-10-17(14)25-19(27)13-23-18(26)8-5-11-22-20(28)24-16-6-3-2-4-7-16/h9-10,12,16H,2-8,11,13H2,1H3,(H,23,26)(H,25,27)(H2,22,24,28). The molecule has 0 saturated heterocycles. The third-order valence-corrected chi connectivity index (χ3v) is 5.21. The molecule has 0 radical (unpaired) electrons. The van der Waals surface area contributed by atoms with E-state index in [9.17, 15) is 14.4 Å². The largest absolute Gasteiger partial charge is 0.347 e. The second kappa shape index (κ2) is 11.7. The molecule has 1 fully saturated rings. The highest BCUT2D eigenvalue weighted by molar-refractivity contribution is 9.10. The monoisotopic (exact) mass is 452 g/mol. The first-order valence-corrected chi connectivity index (χ1v) is 10.6. The first-order valence-electron chi connectivity index (χ1n) is 9.81. The van der Waals surface area contributed by atoms with Crippen LogP contribution in [0.2, 0.25) is 0 Å². The Kier molecular flexibility index (Phi) is 9.27. The first kappa shape index (κ1) is 22.2. The van der Waals surface area contributed by atoms with E-state index in [0.29, 0.717) is 13.0 Å². The molecule has 154 valence electrons. The van der Waals surface area contributed by atoms with Crippen LogP contribution in [0.3, 0.4) is 0 Å². The molecule has 2 rings (SSSR count). The molecule has 0 bridgehead atoms. The van der Waals surface area contributed by atoms with E-state index in [2.05, 4.69) is 37.2 Å². The molecule has 0 unspecified atom stereocenters. The minimum atomic E-state index is -0.274. The number of anilines is 1. The lowest BCUT2D eigenvalue weighted by Crippen LogP contribution is -2.43. The van der Waals surface area contributed by atoms with Gasteiger partial charge in [0, 0.05) is 29.2 Å². The van der Waals surface area contributed by atoms with Crippen LogP contribution in [0.4, 0.5) is 10.5 Å². The highest BCUT2D eigenvalue weighted by Gasteiger charge is 2.15. The highest BCUT2D eigenvalue weighted by atomic mass is 79.9. The zero-order chi connectivity index (χ0) is 20.4.